The van der Waals surface area contributed by atoms with Crippen molar-refractivity contribution in [2.75, 3.05) is 13.6 Å². The minimum Gasteiger partial charge on any atom is -0.329 e. The Morgan fingerprint density at radius 3 is 2.50 bits per heavy atom. The van der Waals surface area contributed by atoms with Crippen LogP contribution >= 0.6 is 28.3 Å². The molecule has 1 unspecified atom stereocenters. The summed E-state index contributed by atoms with van der Waals surface area (Å²) in [7, 11) is -1.83. The van der Waals surface area contributed by atoms with Crippen molar-refractivity contribution in [2.45, 2.75) is 30.7 Å². The van der Waals surface area contributed by atoms with Crippen LogP contribution in [0.5, 0.6) is 0 Å². The molecule has 1 aliphatic carbocycles. The van der Waals surface area contributed by atoms with E-state index >= 15 is 0 Å². The molecule has 0 aliphatic heterocycles. The van der Waals surface area contributed by atoms with Crippen LogP contribution in [-0.2, 0) is 10.0 Å². The van der Waals surface area contributed by atoms with Crippen molar-refractivity contribution in [3.8, 4) is 0 Å². The first kappa shape index (κ1) is 17.9. The van der Waals surface area contributed by atoms with E-state index in [0.29, 0.717) is 17.4 Å². The Morgan fingerprint density at radius 1 is 1.45 bits per heavy atom. The number of likely N-dealkylation sites (N-methyl/N-ethyl adjacent to an activating group) is 1. The predicted molar refractivity (Wildman–Crippen MR) is 86.6 cm³/mol. The van der Waals surface area contributed by atoms with Crippen LogP contribution in [0.2, 0.25) is 0 Å². The van der Waals surface area contributed by atoms with Crippen LogP contribution in [0, 0.1) is 12.8 Å². The molecule has 0 saturated heterocycles. The molecule has 2 N–H and O–H groups in total. The van der Waals surface area contributed by atoms with Gasteiger partial charge in [-0.3, -0.25) is 0 Å². The molecular weight excluding hydrogens is 364 g/mol. The highest BCUT2D eigenvalue weighted by Gasteiger charge is 2.38. The van der Waals surface area contributed by atoms with Crippen molar-refractivity contribution in [2.24, 2.45) is 11.7 Å². The van der Waals surface area contributed by atoms with Crippen molar-refractivity contribution >= 4 is 38.4 Å². The minimum atomic E-state index is -3.46. The fourth-order valence-corrected chi connectivity index (χ4v) is 4.00. The molecule has 0 aromatic heterocycles. The molecule has 2 rings (SSSR count). The predicted octanol–water partition coefficient (Wildman–Crippen LogP) is 2.54. The maximum absolute atomic E-state index is 12.6. The SMILES string of the molecule is Cc1cc(S(=O)(=O)N(C)C(CN)C2CC2)ccc1Br.Cl. The normalized spacial score (nSPS) is 16.9. The Kier molecular flexibility index (Phi) is 6.04. The highest BCUT2D eigenvalue weighted by Crippen LogP contribution is 2.36. The molecule has 1 fully saturated rings. The topological polar surface area (TPSA) is 63.4 Å². The number of hydrogen-bond acceptors (Lipinski definition) is 3. The maximum Gasteiger partial charge on any atom is 0.243 e. The molecule has 0 radical (unpaired) electrons. The molecule has 0 heterocycles. The smallest absolute Gasteiger partial charge is 0.243 e. The third-order valence-electron chi connectivity index (χ3n) is 3.68. The lowest BCUT2D eigenvalue weighted by molar-refractivity contribution is 0.340. The van der Waals surface area contributed by atoms with Gasteiger partial charge in [0.2, 0.25) is 10.0 Å². The molecule has 0 spiro atoms. The van der Waals surface area contributed by atoms with E-state index in [4.69, 9.17) is 5.73 Å². The zero-order chi connectivity index (χ0) is 14.2. The zero-order valence-corrected chi connectivity index (χ0v) is 14.8. The van der Waals surface area contributed by atoms with E-state index in [1.54, 1.807) is 25.2 Å². The molecule has 1 aromatic carbocycles. The Labute approximate surface area is 135 Å². The summed E-state index contributed by atoms with van der Waals surface area (Å²) < 4.78 is 27.5. The van der Waals surface area contributed by atoms with E-state index in [1.807, 2.05) is 6.92 Å². The third kappa shape index (κ3) is 3.54. The fourth-order valence-electron chi connectivity index (χ4n) is 2.24. The number of benzene rings is 1. The Balaban J connectivity index is 0.00000200. The van der Waals surface area contributed by atoms with Crippen LogP contribution in [0.4, 0.5) is 0 Å². The van der Waals surface area contributed by atoms with Crippen LogP contribution in [0.15, 0.2) is 27.6 Å². The number of nitrogens with two attached hydrogens (primary N) is 1. The highest BCUT2D eigenvalue weighted by atomic mass is 79.9. The van der Waals surface area contributed by atoms with Gasteiger partial charge in [0.15, 0.2) is 0 Å². The van der Waals surface area contributed by atoms with Gasteiger partial charge in [0.25, 0.3) is 0 Å². The summed E-state index contributed by atoms with van der Waals surface area (Å²) in [6.45, 7) is 2.25. The first-order chi connectivity index (χ1) is 8.87. The highest BCUT2D eigenvalue weighted by molar-refractivity contribution is 9.10. The van der Waals surface area contributed by atoms with Crippen molar-refractivity contribution in [1.29, 1.82) is 0 Å². The maximum atomic E-state index is 12.6. The number of aryl methyl sites for hydroxylation is 1. The van der Waals surface area contributed by atoms with Crippen LogP contribution < -0.4 is 5.73 Å². The summed E-state index contributed by atoms with van der Waals surface area (Å²) in [5.41, 5.74) is 6.64. The van der Waals surface area contributed by atoms with Crippen LogP contribution in [-0.4, -0.2) is 32.4 Å². The second-order valence-corrected chi connectivity index (χ2v) is 7.92. The standard InChI is InChI=1S/C13H19BrN2O2S.ClH/c1-9-7-11(5-6-12(9)14)19(17,18)16(2)13(8-15)10-3-4-10;/h5-7,10,13H,3-4,8,15H2,1-2H3;1H. The van der Waals surface area contributed by atoms with E-state index in [1.165, 1.54) is 4.31 Å². The molecule has 0 bridgehead atoms. The average molecular weight is 384 g/mol. The second kappa shape index (κ2) is 6.75. The van der Waals surface area contributed by atoms with E-state index in [0.717, 1.165) is 22.9 Å². The number of sulfonamides is 1. The van der Waals surface area contributed by atoms with E-state index in [9.17, 15) is 8.42 Å². The lowest BCUT2D eigenvalue weighted by Gasteiger charge is -2.26. The van der Waals surface area contributed by atoms with Crippen LogP contribution in [0.25, 0.3) is 0 Å². The van der Waals surface area contributed by atoms with Gasteiger partial charge in [0.05, 0.1) is 4.90 Å². The largest absolute Gasteiger partial charge is 0.329 e. The Bertz CT molecular complexity index is 576. The van der Waals surface area contributed by atoms with Gasteiger partial charge >= 0.3 is 0 Å². The van der Waals surface area contributed by atoms with E-state index in [-0.39, 0.29) is 18.4 Å². The summed E-state index contributed by atoms with van der Waals surface area (Å²) in [5, 5.41) is 0. The summed E-state index contributed by atoms with van der Waals surface area (Å²) in [5.74, 6) is 0.418. The number of hydrogen-bond donors (Lipinski definition) is 1. The lowest BCUT2D eigenvalue weighted by Crippen LogP contribution is -2.43. The molecule has 0 amide bonds. The summed E-state index contributed by atoms with van der Waals surface area (Å²) in [6.07, 6.45) is 2.14. The summed E-state index contributed by atoms with van der Waals surface area (Å²) in [6, 6.07) is 5.00. The third-order valence-corrected chi connectivity index (χ3v) is 6.45. The Hall–Kier alpha value is -0.140. The van der Waals surface area contributed by atoms with Gasteiger partial charge in [-0.1, -0.05) is 15.9 Å². The first-order valence-corrected chi connectivity index (χ1v) is 8.55. The van der Waals surface area contributed by atoms with E-state index in [2.05, 4.69) is 15.9 Å². The lowest BCUT2D eigenvalue weighted by atomic mass is 10.2. The monoisotopic (exact) mass is 382 g/mol. The summed E-state index contributed by atoms with van der Waals surface area (Å²) in [4.78, 5) is 0.329. The molecular formula is C13H20BrClN2O2S. The molecule has 114 valence electrons. The van der Waals surface area contributed by atoms with Gasteiger partial charge in [0, 0.05) is 24.1 Å². The van der Waals surface area contributed by atoms with Crippen molar-refractivity contribution in [3.05, 3.63) is 28.2 Å². The first-order valence-electron chi connectivity index (χ1n) is 6.32. The Morgan fingerprint density at radius 2 is 2.05 bits per heavy atom. The molecule has 7 heteroatoms. The van der Waals surface area contributed by atoms with Gasteiger partial charge in [-0.25, -0.2) is 8.42 Å². The van der Waals surface area contributed by atoms with Gasteiger partial charge in [-0.15, -0.1) is 12.4 Å². The summed E-state index contributed by atoms with van der Waals surface area (Å²) >= 11 is 3.38. The van der Waals surface area contributed by atoms with Crippen LogP contribution in [0.3, 0.4) is 0 Å². The van der Waals surface area contributed by atoms with Crippen molar-refractivity contribution in [1.82, 2.24) is 4.31 Å². The van der Waals surface area contributed by atoms with Crippen LogP contribution in [0.1, 0.15) is 18.4 Å². The number of rotatable bonds is 5. The molecule has 1 aromatic rings. The van der Waals surface area contributed by atoms with Gasteiger partial charge < -0.3 is 5.73 Å². The average Bonchev–Trinajstić information content (AvgIpc) is 3.17. The molecule has 20 heavy (non-hydrogen) atoms. The quantitative estimate of drug-likeness (QED) is 0.850. The zero-order valence-electron chi connectivity index (χ0n) is 11.5. The van der Waals surface area contributed by atoms with E-state index < -0.39 is 10.0 Å². The number of halogens is 2. The molecule has 1 saturated carbocycles. The van der Waals surface area contributed by atoms with Crippen molar-refractivity contribution < 1.29 is 8.42 Å². The molecule has 1 atom stereocenters. The minimum absolute atomic E-state index is 0. The van der Waals surface area contributed by atoms with Gasteiger partial charge in [-0.05, 0) is 49.4 Å². The van der Waals surface area contributed by atoms with Gasteiger partial charge in [0.1, 0.15) is 0 Å². The molecule has 1 aliphatic rings. The second-order valence-electron chi connectivity index (χ2n) is 5.07. The fraction of sp³-hybridized carbons (Fsp3) is 0.538. The molecule has 4 nitrogen and oxygen atoms in total. The van der Waals surface area contributed by atoms with Gasteiger partial charge in [-0.2, -0.15) is 4.31 Å². The number of nitrogens with zero attached hydrogens (tertiary/aromatic N) is 1. The van der Waals surface area contributed by atoms with Crippen molar-refractivity contribution in [3.63, 3.8) is 0 Å².